The van der Waals surface area contributed by atoms with E-state index in [0.717, 1.165) is 0 Å². The SMILES string of the molecule is CCCC(O)C(=O)O.CCO.O=C(O)CC(O)(CC(=O)O)C(=O)O.O=CO. The quantitative estimate of drug-likeness (QED) is 0.220. The zero-order chi connectivity index (χ0) is 22.6. The Morgan fingerprint density at radius 1 is 0.963 bits per heavy atom. The van der Waals surface area contributed by atoms with Crippen molar-refractivity contribution in [3.63, 3.8) is 0 Å². The lowest BCUT2D eigenvalue weighted by Crippen LogP contribution is -2.42. The van der Waals surface area contributed by atoms with Crippen LogP contribution >= 0.6 is 0 Å². The first-order valence-corrected chi connectivity index (χ1v) is 7.28. The van der Waals surface area contributed by atoms with Crippen molar-refractivity contribution < 1.29 is 64.8 Å². The van der Waals surface area contributed by atoms with Crippen LogP contribution in [0.3, 0.4) is 0 Å². The van der Waals surface area contributed by atoms with Gasteiger partial charge in [0.15, 0.2) is 11.7 Å². The van der Waals surface area contributed by atoms with E-state index in [0.29, 0.717) is 12.8 Å². The lowest BCUT2D eigenvalue weighted by atomic mass is 9.96. The number of carboxylic acids is 4. The fraction of sp³-hybridized carbons (Fsp3) is 0.643. The molecule has 0 aromatic rings. The number of hydrogen-bond donors (Lipinski definition) is 8. The van der Waals surface area contributed by atoms with Crippen LogP contribution in [-0.2, 0) is 24.0 Å². The van der Waals surface area contributed by atoms with Crippen molar-refractivity contribution >= 4 is 30.3 Å². The third-order valence-corrected chi connectivity index (χ3v) is 2.13. The highest BCUT2D eigenvalue weighted by atomic mass is 16.4. The number of aliphatic hydroxyl groups is 3. The third-order valence-electron chi connectivity index (χ3n) is 2.13. The Balaban J connectivity index is -0.000000160. The van der Waals surface area contributed by atoms with Gasteiger partial charge in [0, 0.05) is 6.61 Å². The Kier molecular flexibility index (Phi) is 23.1. The maximum absolute atomic E-state index is 10.3. The summed E-state index contributed by atoms with van der Waals surface area (Å²) in [5.41, 5.74) is -2.74. The first kappa shape index (κ1) is 31.9. The van der Waals surface area contributed by atoms with Crippen molar-refractivity contribution in [3.05, 3.63) is 0 Å². The molecule has 0 aliphatic rings. The molecule has 0 spiro atoms. The molecule has 0 aliphatic heterocycles. The van der Waals surface area contributed by atoms with Crippen molar-refractivity contribution in [1.82, 2.24) is 0 Å². The van der Waals surface area contributed by atoms with Crippen LogP contribution in [0.1, 0.15) is 39.5 Å². The van der Waals surface area contributed by atoms with Gasteiger partial charge < -0.3 is 40.9 Å². The number of rotatable bonds is 8. The molecule has 27 heavy (non-hydrogen) atoms. The topological polar surface area (TPSA) is 247 Å². The molecule has 0 bridgehead atoms. The molecule has 8 N–H and O–H groups in total. The maximum atomic E-state index is 10.3. The predicted octanol–water partition coefficient (Wildman–Crippen LogP) is -1.32. The molecule has 0 radical (unpaired) electrons. The van der Waals surface area contributed by atoms with Crippen LogP contribution in [-0.4, -0.2) is 89.5 Å². The fourth-order valence-corrected chi connectivity index (χ4v) is 1.11. The molecular weight excluding hydrogens is 376 g/mol. The van der Waals surface area contributed by atoms with E-state index >= 15 is 0 Å². The molecule has 160 valence electrons. The summed E-state index contributed by atoms with van der Waals surface area (Å²) in [6, 6.07) is 0. The minimum absolute atomic E-state index is 0.250. The number of hydrogen-bond acceptors (Lipinski definition) is 8. The summed E-state index contributed by atoms with van der Waals surface area (Å²) in [5, 5.41) is 64.9. The molecule has 0 rings (SSSR count). The second-order valence-electron chi connectivity index (χ2n) is 4.54. The standard InChI is InChI=1S/C6H8O7.C5H10O3.C2H6O.CH2O2/c7-3(8)1-6(13,5(11)12)2-4(9)10;1-2-3-4(6)5(7)8;1-2-3;2-1-3/h13H,1-2H2,(H,7,8)(H,9,10)(H,11,12);4,6H,2-3H2,1H3,(H,7,8);3H,2H2,1H3;1H,(H,2,3). The molecule has 0 aromatic heterocycles. The van der Waals surface area contributed by atoms with Crippen LogP contribution in [0.15, 0.2) is 0 Å². The average molecular weight is 402 g/mol. The fourth-order valence-electron chi connectivity index (χ4n) is 1.11. The summed E-state index contributed by atoms with van der Waals surface area (Å²) in [7, 11) is 0. The van der Waals surface area contributed by atoms with E-state index in [2.05, 4.69) is 0 Å². The normalized spacial score (nSPS) is 10.3. The monoisotopic (exact) mass is 402 g/mol. The van der Waals surface area contributed by atoms with Gasteiger partial charge in [-0.1, -0.05) is 13.3 Å². The third kappa shape index (κ3) is 25.6. The maximum Gasteiger partial charge on any atom is 0.336 e. The Bertz CT molecular complexity index is 430. The second kappa shape index (κ2) is 19.6. The Labute approximate surface area is 154 Å². The summed E-state index contributed by atoms with van der Waals surface area (Å²) in [4.78, 5) is 48.7. The first-order valence-electron chi connectivity index (χ1n) is 7.28. The molecule has 1 atom stereocenters. The van der Waals surface area contributed by atoms with E-state index in [1.54, 1.807) is 6.92 Å². The zero-order valence-corrected chi connectivity index (χ0v) is 14.8. The van der Waals surface area contributed by atoms with Gasteiger partial charge in [-0.05, 0) is 13.3 Å². The Morgan fingerprint density at radius 2 is 1.26 bits per heavy atom. The summed E-state index contributed by atoms with van der Waals surface area (Å²) >= 11 is 0. The predicted molar refractivity (Wildman–Crippen MR) is 87.1 cm³/mol. The van der Waals surface area contributed by atoms with Crippen molar-refractivity contribution in [3.8, 4) is 0 Å². The lowest BCUT2D eigenvalue weighted by Gasteiger charge is -2.18. The highest BCUT2D eigenvalue weighted by molar-refractivity contribution is 5.88. The molecule has 0 fully saturated rings. The van der Waals surface area contributed by atoms with Crippen molar-refractivity contribution in [2.45, 2.75) is 51.2 Å². The van der Waals surface area contributed by atoms with Gasteiger partial charge in [-0.25, -0.2) is 9.59 Å². The van der Waals surface area contributed by atoms with Gasteiger partial charge in [0.2, 0.25) is 0 Å². The Morgan fingerprint density at radius 3 is 1.37 bits per heavy atom. The van der Waals surface area contributed by atoms with Crippen LogP contribution in [0, 0.1) is 0 Å². The van der Waals surface area contributed by atoms with Crippen LogP contribution in [0.2, 0.25) is 0 Å². The van der Waals surface area contributed by atoms with E-state index in [-0.39, 0.29) is 13.1 Å². The molecule has 0 aromatic carbocycles. The van der Waals surface area contributed by atoms with Crippen molar-refractivity contribution in [1.29, 1.82) is 0 Å². The first-order chi connectivity index (χ1) is 12.3. The summed E-state index contributed by atoms with van der Waals surface area (Å²) in [6.45, 7) is 3.51. The summed E-state index contributed by atoms with van der Waals surface area (Å²) in [5.74, 6) is -6.15. The number of aliphatic hydroxyl groups excluding tert-OH is 2. The van der Waals surface area contributed by atoms with Crippen LogP contribution in [0.25, 0.3) is 0 Å². The van der Waals surface area contributed by atoms with Crippen molar-refractivity contribution in [2.75, 3.05) is 6.61 Å². The van der Waals surface area contributed by atoms with Gasteiger partial charge in [-0.3, -0.25) is 14.4 Å². The molecule has 0 heterocycles. The average Bonchev–Trinajstić information content (AvgIpc) is 2.47. The number of aliphatic carboxylic acids is 4. The smallest absolute Gasteiger partial charge is 0.336 e. The van der Waals surface area contributed by atoms with Gasteiger partial charge in [0.1, 0.15) is 0 Å². The molecule has 1 unspecified atom stereocenters. The zero-order valence-electron chi connectivity index (χ0n) is 14.8. The molecule has 0 aliphatic carbocycles. The van der Waals surface area contributed by atoms with Gasteiger partial charge in [-0.15, -0.1) is 0 Å². The minimum Gasteiger partial charge on any atom is -0.483 e. The van der Waals surface area contributed by atoms with Gasteiger partial charge in [0.25, 0.3) is 6.47 Å². The highest BCUT2D eigenvalue weighted by Gasteiger charge is 2.40. The largest absolute Gasteiger partial charge is 0.483 e. The number of carbonyl (C=O) groups is 5. The molecule has 13 nitrogen and oxygen atoms in total. The number of carboxylic acid groups (broad SMARTS) is 5. The van der Waals surface area contributed by atoms with Gasteiger partial charge in [-0.2, -0.15) is 0 Å². The van der Waals surface area contributed by atoms with E-state index in [4.69, 9.17) is 45.6 Å². The molecule has 0 saturated carbocycles. The van der Waals surface area contributed by atoms with E-state index in [1.807, 2.05) is 6.92 Å². The molecule has 0 saturated heterocycles. The van der Waals surface area contributed by atoms with Gasteiger partial charge in [0.05, 0.1) is 12.8 Å². The van der Waals surface area contributed by atoms with E-state index in [1.165, 1.54) is 0 Å². The van der Waals surface area contributed by atoms with Gasteiger partial charge >= 0.3 is 23.9 Å². The highest BCUT2D eigenvalue weighted by Crippen LogP contribution is 2.15. The molecular formula is C14H26O13. The second-order valence-corrected chi connectivity index (χ2v) is 4.54. The van der Waals surface area contributed by atoms with E-state index in [9.17, 15) is 19.2 Å². The Hall–Kier alpha value is -2.77. The molecule has 13 heteroatoms. The van der Waals surface area contributed by atoms with Crippen LogP contribution in [0.4, 0.5) is 0 Å². The minimum atomic E-state index is -2.74. The van der Waals surface area contributed by atoms with Crippen molar-refractivity contribution in [2.24, 2.45) is 0 Å². The molecule has 0 amide bonds. The van der Waals surface area contributed by atoms with Crippen LogP contribution in [0.5, 0.6) is 0 Å². The lowest BCUT2D eigenvalue weighted by molar-refractivity contribution is -0.170. The summed E-state index contributed by atoms with van der Waals surface area (Å²) < 4.78 is 0. The van der Waals surface area contributed by atoms with Crippen LogP contribution < -0.4 is 0 Å². The summed E-state index contributed by atoms with van der Waals surface area (Å²) in [6.07, 6.45) is -2.41. The van der Waals surface area contributed by atoms with E-state index < -0.39 is 48.4 Å².